The van der Waals surface area contributed by atoms with Gasteiger partial charge < -0.3 is 15.7 Å². The van der Waals surface area contributed by atoms with Crippen molar-refractivity contribution in [1.82, 2.24) is 10.6 Å². The molecule has 2 aromatic carbocycles. The van der Waals surface area contributed by atoms with Gasteiger partial charge in [0.25, 0.3) is 5.91 Å². The largest absolute Gasteiger partial charge is 0.394 e. The third-order valence-electron chi connectivity index (χ3n) is 4.14. The molecule has 0 saturated heterocycles. The van der Waals surface area contributed by atoms with Crippen LogP contribution in [0.3, 0.4) is 0 Å². The minimum Gasteiger partial charge on any atom is -0.394 e. The summed E-state index contributed by atoms with van der Waals surface area (Å²) in [4.78, 5) is 23.6. The van der Waals surface area contributed by atoms with Crippen LogP contribution in [0.5, 0.6) is 0 Å². The lowest BCUT2D eigenvalue weighted by Gasteiger charge is -2.23. The molecular formula is C21H26N2O3. The summed E-state index contributed by atoms with van der Waals surface area (Å²) in [6.45, 7) is 6.84. The Labute approximate surface area is 154 Å². The molecule has 138 valence electrons. The number of carbonyl (C=O) groups is 2. The summed E-state index contributed by atoms with van der Waals surface area (Å²) in [5.74, 6) is -0.284. The van der Waals surface area contributed by atoms with Crippen LogP contribution in [0.1, 0.15) is 49.7 Å². The molecule has 0 aliphatic heterocycles. The minimum atomic E-state index is -0.672. The van der Waals surface area contributed by atoms with Crippen LogP contribution in [-0.2, 0) is 4.79 Å². The lowest BCUT2D eigenvalue weighted by molar-refractivity contribution is -0.119. The molecule has 0 heterocycles. The topological polar surface area (TPSA) is 78.4 Å². The highest BCUT2D eigenvalue weighted by molar-refractivity contribution is 5.95. The fraction of sp³-hybridized carbons (Fsp3) is 0.333. The van der Waals surface area contributed by atoms with Crippen LogP contribution in [0, 0.1) is 0 Å². The predicted octanol–water partition coefficient (Wildman–Crippen LogP) is 3.05. The van der Waals surface area contributed by atoms with Gasteiger partial charge in [-0.3, -0.25) is 9.59 Å². The number of hydrogen-bond donors (Lipinski definition) is 3. The van der Waals surface area contributed by atoms with E-state index in [4.69, 9.17) is 0 Å². The number of rotatable bonds is 6. The quantitative estimate of drug-likeness (QED) is 0.746. The summed E-state index contributed by atoms with van der Waals surface area (Å²) in [5, 5.41) is 15.0. The maximum absolute atomic E-state index is 12.4. The maximum atomic E-state index is 12.4. The molecule has 0 saturated carbocycles. The van der Waals surface area contributed by atoms with E-state index in [-0.39, 0.29) is 24.5 Å². The highest BCUT2D eigenvalue weighted by Crippen LogP contribution is 2.23. The average Bonchev–Trinajstić information content (AvgIpc) is 2.61. The number of benzene rings is 2. The maximum Gasteiger partial charge on any atom is 0.251 e. The van der Waals surface area contributed by atoms with Crippen LogP contribution < -0.4 is 10.6 Å². The van der Waals surface area contributed by atoms with Gasteiger partial charge in [0, 0.05) is 12.5 Å². The minimum absolute atomic E-state index is 0.0561. The van der Waals surface area contributed by atoms with E-state index in [0.717, 1.165) is 16.7 Å². The van der Waals surface area contributed by atoms with Gasteiger partial charge in [0.05, 0.1) is 18.2 Å². The molecule has 0 fully saturated rings. The van der Waals surface area contributed by atoms with Gasteiger partial charge in [-0.15, -0.1) is 0 Å². The lowest BCUT2D eigenvalue weighted by atomic mass is 9.99. The normalized spacial score (nSPS) is 12.3. The van der Waals surface area contributed by atoms with Crippen molar-refractivity contribution in [1.29, 1.82) is 0 Å². The van der Waals surface area contributed by atoms with E-state index in [2.05, 4.69) is 10.6 Å². The standard InChI is InChI=1S/C21H26N2O3/c1-14(22-15(2)25)16-8-10-17(11-9-16)18-6-5-7-19(12-18)20(26)23-21(3,4)13-24/h5-12,14,24H,13H2,1-4H3,(H,22,25)(H,23,26)/t14-/m0/s1. The molecule has 0 bridgehead atoms. The number of aliphatic hydroxyl groups excluding tert-OH is 1. The summed E-state index contributed by atoms with van der Waals surface area (Å²) < 4.78 is 0. The highest BCUT2D eigenvalue weighted by Gasteiger charge is 2.20. The third-order valence-corrected chi connectivity index (χ3v) is 4.14. The Hall–Kier alpha value is -2.66. The Morgan fingerprint density at radius 1 is 1.08 bits per heavy atom. The molecule has 0 aromatic heterocycles. The molecule has 3 N–H and O–H groups in total. The predicted molar refractivity (Wildman–Crippen MR) is 103 cm³/mol. The first-order valence-corrected chi connectivity index (χ1v) is 8.63. The smallest absolute Gasteiger partial charge is 0.251 e. The van der Waals surface area contributed by atoms with Crippen molar-refractivity contribution in [2.24, 2.45) is 0 Å². The second-order valence-electron chi connectivity index (χ2n) is 7.12. The number of hydrogen-bond acceptors (Lipinski definition) is 3. The molecular weight excluding hydrogens is 328 g/mol. The van der Waals surface area contributed by atoms with Crippen LogP contribution in [0.15, 0.2) is 48.5 Å². The molecule has 26 heavy (non-hydrogen) atoms. The van der Waals surface area contributed by atoms with Gasteiger partial charge in [-0.25, -0.2) is 0 Å². The van der Waals surface area contributed by atoms with Crippen molar-refractivity contribution >= 4 is 11.8 Å². The molecule has 1 atom stereocenters. The van der Waals surface area contributed by atoms with Gasteiger partial charge in [-0.05, 0) is 49.6 Å². The Balaban J connectivity index is 2.19. The van der Waals surface area contributed by atoms with E-state index in [1.807, 2.05) is 49.4 Å². The molecule has 0 aliphatic rings. The van der Waals surface area contributed by atoms with Crippen LogP contribution in [-0.4, -0.2) is 29.1 Å². The average molecular weight is 354 g/mol. The molecule has 0 radical (unpaired) electrons. The highest BCUT2D eigenvalue weighted by atomic mass is 16.3. The molecule has 5 nitrogen and oxygen atoms in total. The van der Waals surface area contributed by atoms with Gasteiger partial charge in [0.15, 0.2) is 0 Å². The summed E-state index contributed by atoms with van der Waals surface area (Å²) in [6.07, 6.45) is 0. The first-order chi connectivity index (χ1) is 12.2. The van der Waals surface area contributed by atoms with Gasteiger partial charge in [0.2, 0.25) is 5.91 Å². The van der Waals surface area contributed by atoms with E-state index in [0.29, 0.717) is 5.56 Å². The van der Waals surface area contributed by atoms with Crippen LogP contribution >= 0.6 is 0 Å². The Morgan fingerprint density at radius 3 is 2.31 bits per heavy atom. The van der Waals surface area contributed by atoms with Crippen molar-refractivity contribution < 1.29 is 14.7 Å². The number of nitrogens with one attached hydrogen (secondary N) is 2. The summed E-state index contributed by atoms with van der Waals surface area (Å²) >= 11 is 0. The van der Waals surface area contributed by atoms with Crippen LogP contribution in [0.25, 0.3) is 11.1 Å². The molecule has 5 heteroatoms. The number of amides is 2. The zero-order valence-electron chi connectivity index (χ0n) is 15.7. The lowest BCUT2D eigenvalue weighted by Crippen LogP contribution is -2.46. The third kappa shape index (κ3) is 5.17. The molecule has 0 aliphatic carbocycles. The van der Waals surface area contributed by atoms with E-state index in [1.165, 1.54) is 6.92 Å². The second kappa shape index (κ2) is 8.15. The van der Waals surface area contributed by atoms with Crippen molar-refractivity contribution in [3.63, 3.8) is 0 Å². The first kappa shape index (κ1) is 19.7. The zero-order chi connectivity index (χ0) is 19.3. The Morgan fingerprint density at radius 2 is 1.73 bits per heavy atom. The molecule has 0 spiro atoms. The van der Waals surface area contributed by atoms with Crippen LogP contribution in [0.4, 0.5) is 0 Å². The fourth-order valence-electron chi connectivity index (χ4n) is 2.61. The SMILES string of the molecule is CC(=O)N[C@@H](C)c1ccc(-c2cccc(C(=O)NC(C)(C)CO)c2)cc1. The van der Waals surface area contributed by atoms with E-state index in [1.54, 1.807) is 19.9 Å². The van der Waals surface area contributed by atoms with Crippen molar-refractivity contribution in [2.75, 3.05) is 6.61 Å². The van der Waals surface area contributed by atoms with E-state index >= 15 is 0 Å². The summed E-state index contributed by atoms with van der Waals surface area (Å²) in [7, 11) is 0. The summed E-state index contributed by atoms with van der Waals surface area (Å²) in [6, 6.07) is 15.2. The Bertz CT molecular complexity index is 782. The van der Waals surface area contributed by atoms with E-state index in [9.17, 15) is 14.7 Å². The molecule has 2 aromatic rings. The van der Waals surface area contributed by atoms with Crippen LogP contribution in [0.2, 0.25) is 0 Å². The fourth-order valence-corrected chi connectivity index (χ4v) is 2.61. The van der Waals surface area contributed by atoms with Gasteiger partial charge in [0.1, 0.15) is 0 Å². The number of aliphatic hydroxyl groups is 1. The zero-order valence-corrected chi connectivity index (χ0v) is 15.7. The summed E-state index contributed by atoms with van der Waals surface area (Å²) in [5.41, 5.74) is 2.80. The molecule has 2 rings (SSSR count). The number of carbonyl (C=O) groups excluding carboxylic acids is 2. The van der Waals surface area contributed by atoms with E-state index < -0.39 is 5.54 Å². The van der Waals surface area contributed by atoms with Gasteiger partial charge in [-0.2, -0.15) is 0 Å². The van der Waals surface area contributed by atoms with Crippen molar-refractivity contribution in [3.05, 3.63) is 59.7 Å². The van der Waals surface area contributed by atoms with Gasteiger partial charge in [-0.1, -0.05) is 36.4 Å². The molecule has 0 unspecified atom stereocenters. The van der Waals surface area contributed by atoms with Gasteiger partial charge >= 0.3 is 0 Å². The second-order valence-corrected chi connectivity index (χ2v) is 7.12. The Kier molecular flexibility index (Phi) is 6.16. The van der Waals surface area contributed by atoms with Crippen molar-refractivity contribution in [3.8, 4) is 11.1 Å². The first-order valence-electron chi connectivity index (χ1n) is 8.63. The molecule has 2 amide bonds. The monoisotopic (exact) mass is 354 g/mol. The van der Waals surface area contributed by atoms with Crippen molar-refractivity contribution in [2.45, 2.75) is 39.3 Å².